The fourth-order valence-corrected chi connectivity index (χ4v) is 2.83. The Bertz CT molecular complexity index is 651. The average Bonchev–Trinajstić information content (AvgIpc) is 3.05. The van der Waals surface area contributed by atoms with Gasteiger partial charge < -0.3 is 10.1 Å². The highest BCUT2D eigenvalue weighted by Gasteiger charge is 2.69. The van der Waals surface area contributed by atoms with Crippen LogP contribution in [0.2, 0.25) is 0 Å². The Kier molecular flexibility index (Phi) is 5.40. The Morgan fingerprint density at radius 1 is 1.25 bits per heavy atom. The van der Waals surface area contributed by atoms with Gasteiger partial charge >= 0.3 is 12.0 Å². The number of amides is 3. The Balaban J connectivity index is 2.17. The Morgan fingerprint density at radius 3 is 2.33 bits per heavy atom. The van der Waals surface area contributed by atoms with E-state index >= 15 is 0 Å². The van der Waals surface area contributed by atoms with E-state index < -0.39 is 33.8 Å². The summed E-state index contributed by atoms with van der Waals surface area (Å²) in [5, 5.41) is 4.58. The number of carbonyl (C=O) groups excluding carboxylic acids is 3. The first kappa shape index (κ1) is 18.5. The molecule has 0 saturated heterocycles. The predicted molar refractivity (Wildman–Crippen MR) is 89.7 cm³/mol. The lowest BCUT2D eigenvalue weighted by Gasteiger charge is -2.20. The fraction of sp³-hybridized carbons (Fsp3) is 0.438. The summed E-state index contributed by atoms with van der Waals surface area (Å²) in [7, 11) is 0. The lowest BCUT2D eigenvalue weighted by atomic mass is 10.1. The van der Waals surface area contributed by atoms with Crippen LogP contribution in [0.15, 0.2) is 30.3 Å². The molecule has 2 rings (SSSR count). The van der Waals surface area contributed by atoms with E-state index in [2.05, 4.69) is 10.6 Å². The molecular weight excluding hydrogens is 355 g/mol. The SMILES string of the molecule is CCNC(=O)NC(=O)[C@@H](OC(=O)[C@]1(C)CC1(Cl)Cl)c1ccccc1. The maximum absolute atomic E-state index is 12.4. The number of urea groups is 1. The van der Waals surface area contributed by atoms with Crippen molar-refractivity contribution in [3.8, 4) is 0 Å². The number of rotatable bonds is 5. The van der Waals surface area contributed by atoms with Crippen LogP contribution >= 0.6 is 23.2 Å². The van der Waals surface area contributed by atoms with E-state index in [9.17, 15) is 14.4 Å². The van der Waals surface area contributed by atoms with E-state index in [1.54, 1.807) is 44.2 Å². The van der Waals surface area contributed by atoms with Gasteiger partial charge in [0.05, 0.1) is 0 Å². The highest BCUT2D eigenvalue weighted by atomic mass is 35.5. The van der Waals surface area contributed by atoms with Gasteiger partial charge in [-0.05, 0) is 13.8 Å². The van der Waals surface area contributed by atoms with Gasteiger partial charge in [0.25, 0.3) is 5.91 Å². The maximum atomic E-state index is 12.4. The fourth-order valence-electron chi connectivity index (χ4n) is 2.14. The molecule has 2 N–H and O–H groups in total. The molecule has 0 bridgehead atoms. The average molecular weight is 373 g/mol. The summed E-state index contributed by atoms with van der Waals surface area (Å²) in [5.41, 5.74) is -0.638. The number of halogens is 2. The van der Waals surface area contributed by atoms with E-state index in [4.69, 9.17) is 27.9 Å². The molecule has 3 amide bonds. The normalized spacial score (nSPS) is 22.2. The van der Waals surface area contributed by atoms with Crippen molar-refractivity contribution in [2.24, 2.45) is 5.41 Å². The standard InChI is InChI=1S/C16H18Cl2N2O4/c1-3-19-14(23)20-12(21)11(10-7-5-4-6-8-10)24-13(22)15(2)9-16(15,17)18/h4-8,11H,3,9H2,1-2H3,(H2,19,20,21,23)/t11-,15-/m0/s1. The third-order valence-corrected chi connectivity index (χ3v) is 4.95. The maximum Gasteiger partial charge on any atom is 0.321 e. The molecule has 24 heavy (non-hydrogen) atoms. The molecule has 6 nitrogen and oxygen atoms in total. The summed E-state index contributed by atoms with van der Waals surface area (Å²) in [6.07, 6.45) is -1.04. The molecule has 1 fully saturated rings. The zero-order valence-electron chi connectivity index (χ0n) is 13.3. The first-order valence-corrected chi connectivity index (χ1v) is 8.19. The van der Waals surface area contributed by atoms with Gasteiger partial charge in [-0.1, -0.05) is 30.3 Å². The Morgan fingerprint density at radius 2 is 1.83 bits per heavy atom. The molecule has 2 atom stereocenters. The second kappa shape index (κ2) is 6.99. The lowest BCUT2D eigenvalue weighted by Crippen LogP contribution is -2.43. The van der Waals surface area contributed by atoms with Gasteiger partial charge in [0.15, 0.2) is 0 Å². The molecule has 1 saturated carbocycles. The molecule has 1 aromatic rings. The van der Waals surface area contributed by atoms with Crippen LogP contribution in [0.3, 0.4) is 0 Å². The molecule has 130 valence electrons. The van der Waals surface area contributed by atoms with Crippen molar-refractivity contribution in [3.63, 3.8) is 0 Å². The van der Waals surface area contributed by atoms with Crippen molar-refractivity contribution in [1.82, 2.24) is 10.6 Å². The van der Waals surface area contributed by atoms with Gasteiger partial charge in [-0.25, -0.2) is 4.79 Å². The third kappa shape index (κ3) is 3.82. The summed E-state index contributed by atoms with van der Waals surface area (Å²) in [4.78, 5) is 36.3. The van der Waals surface area contributed by atoms with Crippen molar-refractivity contribution in [2.75, 3.05) is 6.54 Å². The van der Waals surface area contributed by atoms with Gasteiger partial charge in [-0.2, -0.15) is 0 Å². The third-order valence-electron chi connectivity index (χ3n) is 3.85. The predicted octanol–water partition coefficient (Wildman–Crippen LogP) is 2.70. The number of hydrogen-bond acceptors (Lipinski definition) is 4. The van der Waals surface area contributed by atoms with E-state index in [1.165, 1.54) is 0 Å². The minimum atomic E-state index is -1.28. The van der Waals surface area contributed by atoms with Gasteiger partial charge in [-0.3, -0.25) is 14.9 Å². The molecule has 1 aromatic carbocycles. The number of carbonyl (C=O) groups is 3. The van der Waals surface area contributed by atoms with Gasteiger partial charge in [0.2, 0.25) is 6.10 Å². The van der Waals surface area contributed by atoms with E-state index in [1.807, 2.05) is 0 Å². The molecule has 1 aliphatic rings. The monoisotopic (exact) mass is 372 g/mol. The molecule has 0 heterocycles. The van der Waals surface area contributed by atoms with Gasteiger partial charge in [0.1, 0.15) is 9.75 Å². The van der Waals surface area contributed by atoms with Crippen LogP contribution in [0.5, 0.6) is 0 Å². The minimum Gasteiger partial charge on any atom is -0.447 e. The van der Waals surface area contributed by atoms with Crippen LogP contribution in [-0.4, -0.2) is 28.8 Å². The molecular formula is C16H18Cl2N2O4. The zero-order valence-corrected chi connectivity index (χ0v) is 14.8. The van der Waals surface area contributed by atoms with Crippen LogP contribution in [0.1, 0.15) is 31.9 Å². The second-order valence-electron chi connectivity index (χ2n) is 5.76. The first-order chi connectivity index (χ1) is 11.2. The van der Waals surface area contributed by atoms with Gasteiger partial charge in [0, 0.05) is 18.5 Å². The van der Waals surface area contributed by atoms with Crippen molar-refractivity contribution >= 4 is 41.1 Å². The number of imide groups is 1. The van der Waals surface area contributed by atoms with Crippen molar-refractivity contribution in [2.45, 2.75) is 30.7 Å². The number of esters is 1. The summed E-state index contributed by atoms with van der Waals surface area (Å²) in [5.74, 6) is -1.44. The topological polar surface area (TPSA) is 84.5 Å². The Labute approximate surface area is 149 Å². The minimum absolute atomic E-state index is 0.237. The van der Waals surface area contributed by atoms with E-state index in [-0.39, 0.29) is 6.42 Å². The summed E-state index contributed by atoms with van der Waals surface area (Å²) in [6.45, 7) is 3.64. The lowest BCUT2D eigenvalue weighted by molar-refractivity contribution is -0.161. The first-order valence-electron chi connectivity index (χ1n) is 7.44. The van der Waals surface area contributed by atoms with Crippen LogP contribution in [0, 0.1) is 5.41 Å². The summed E-state index contributed by atoms with van der Waals surface area (Å²) in [6, 6.07) is 7.73. The van der Waals surface area contributed by atoms with Crippen LogP contribution in [0.4, 0.5) is 4.79 Å². The molecule has 0 unspecified atom stereocenters. The number of alkyl halides is 2. The number of benzene rings is 1. The van der Waals surface area contributed by atoms with Crippen LogP contribution in [-0.2, 0) is 14.3 Å². The van der Waals surface area contributed by atoms with E-state index in [0.717, 1.165) is 0 Å². The molecule has 0 spiro atoms. The number of ether oxygens (including phenoxy) is 1. The van der Waals surface area contributed by atoms with Crippen molar-refractivity contribution < 1.29 is 19.1 Å². The molecule has 8 heteroatoms. The molecule has 0 radical (unpaired) electrons. The highest BCUT2D eigenvalue weighted by molar-refractivity contribution is 6.53. The number of nitrogens with one attached hydrogen (secondary N) is 2. The summed E-state index contributed by atoms with van der Waals surface area (Å²) < 4.78 is 4.13. The molecule has 0 aromatic heterocycles. The largest absolute Gasteiger partial charge is 0.447 e. The molecule has 1 aliphatic carbocycles. The van der Waals surface area contributed by atoms with Crippen LogP contribution in [0.25, 0.3) is 0 Å². The quantitative estimate of drug-likeness (QED) is 0.614. The molecule has 0 aliphatic heterocycles. The second-order valence-corrected chi connectivity index (χ2v) is 7.24. The Hall–Kier alpha value is -1.79. The summed E-state index contributed by atoms with van der Waals surface area (Å²) >= 11 is 12.0. The van der Waals surface area contributed by atoms with Crippen molar-refractivity contribution in [3.05, 3.63) is 35.9 Å². The smallest absolute Gasteiger partial charge is 0.321 e. The van der Waals surface area contributed by atoms with Gasteiger partial charge in [-0.15, -0.1) is 23.2 Å². The number of hydrogen-bond donors (Lipinski definition) is 2. The zero-order chi connectivity index (χ0) is 18.0. The van der Waals surface area contributed by atoms with Crippen molar-refractivity contribution in [1.29, 1.82) is 0 Å². The van der Waals surface area contributed by atoms with Crippen LogP contribution < -0.4 is 10.6 Å². The van der Waals surface area contributed by atoms with E-state index in [0.29, 0.717) is 12.1 Å². The highest BCUT2D eigenvalue weighted by Crippen LogP contribution is 2.64.